The van der Waals surface area contributed by atoms with Crippen LogP contribution in [0.3, 0.4) is 0 Å². The van der Waals surface area contributed by atoms with Crippen molar-refractivity contribution in [3.8, 4) is 0 Å². The molecule has 0 saturated carbocycles. The van der Waals surface area contributed by atoms with Gasteiger partial charge in [-0.15, -0.1) is 0 Å². The number of carboxylic acid groups (broad SMARTS) is 1. The van der Waals surface area contributed by atoms with Crippen LogP contribution in [0.4, 0.5) is 4.79 Å². The second-order valence-corrected chi connectivity index (χ2v) is 6.46. The molecule has 0 aromatic heterocycles. The molecule has 1 atom stereocenters. The minimum absolute atomic E-state index is 0.0751. The summed E-state index contributed by atoms with van der Waals surface area (Å²) in [6.45, 7) is 11.9. The van der Waals surface area contributed by atoms with E-state index in [1.165, 1.54) is 0 Å². The fraction of sp³-hybridized carbons (Fsp3) is 0.867. The molecule has 20 heavy (non-hydrogen) atoms. The summed E-state index contributed by atoms with van der Waals surface area (Å²) in [5.74, 6) is -0.905. The van der Waals surface area contributed by atoms with Crippen molar-refractivity contribution in [1.82, 2.24) is 10.6 Å². The van der Waals surface area contributed by atoms with Crippen LogP contribution in [-0.2, 0) is 4.79 Å². The zero-order valence-corrected chi connectivity index (χ0v) is 13.7. The Kier molecular flexibility index (Phi) is 7.03. The van der Waals surface area contributed by atoms with Crippen LogP contribution in [0.15, 0.2) is 0 Å². The van der Waals surface area contributed by atoms with Crippen LogP contribution in [0.25, 0.3) is 0 Å². The summed E-state index contributed by atoms with van der Waals surface area (Å²) in [4.78, 5) is 23.1. The van der Waals surface area contributed by atoms with Crippen molar-refractivity contribution in [2.24, 2.45) is 5.41 Å². The van der Waals surface area contributed by atoms with Crippen molar-refractivity contribution in [2.45, 2.75) is 78.8 Å². The summed E-state index contributed by atoms with van der Waals surface area (Å²) in [6, 6.07) is -0.681. The van der Waals surface area contributed by atoms with Gasteiger partial charge in [-0.25, -0.2) is 4.79 Å². The third-order valence-electron chi connectivity index (χ3n) is 4.14. The third-order valence-corrected chi connectivity index (χ3v) is 4.14. The molecule has 5 nitrogen and oxygen atoms in total. The molecule has 1 unspecified atom stereocenters. The maximum Gasteiger partial charge on any atom is 0.315 e. The van der Waals surface area contributed by atoms with Crippen LogP contribution in [0, 0.1) is 5.41 Å². The zero-order chi connectivity index (χ0) is 16.0. The molecule has 0 rings (SSSR count). The highest BCUT2D eigenvalue weighted by molar-refractivity contribution is 5.76. The molecule has 0 heterocycles. The van der Waals surface area contributed by atoms with Crippen molar-refractivity contribution in [1.29, 1.82) is 0 Å². The van der Waals surface area contributed by atoms with Crippen LogP contribution in [0.1, 0.15) is 67.2 Å². The summed E-state index contributed by atoms with van der Waals surface area (Å²) >= 11 is 0. The van der Waals surface area contributed by atoms with Gasteiger partial charge in [-0.1, -0.05) is 41.5 Å². The summed E-state index contributed by atoms with van der Waals surface area (Å²) in [5.41, 5.74) is -0.515. The number of urea groups is 1. The van der Waals surface area contributed by atoms with Crippen LogP contribution in [0.5, 0.6) is 0 Å². The number of carbonyl (C=O) groups is 2. The maximum atomic E-state index is 12.2. The van der Waals surface area contributed by atoms with E-state index in [0.29, 0.717) is 0 Å². The second-order valence-electron chi connectivity index (χ2n) is 6.46. The van der Waals surface area contributed by atoms with Crippen LogP contribution in [-0.4, -0.2) is 28.7 Å². The van der Waals surface area contributed by atoms with Gasteiger partial charge >= 0.3 is 12.0 Å². The van der Waals surface area contributed by atoms with E-state index < -0.39 is 12.0 Å². The molecule has 118 valence electrons. The molecular formula is C15H30N2O3. The number of amides is 2. The fourth-order valence-corrected chi connectivity index (χ4v) is 2.20. The van der Waals surface area contributed by atoms with E-state index in [1.807, 2.05) is 41.5 Å². The molecule has 5 heteroatoms. The van der Waals surface area contributed by atoms with Crippen LogP contribution in [0.2, 0.25) is 0 Å². The average molecular weight is 286 g/mol. The van der Waals surface area contributed by atoms with Crippen molar-refractivity contribution in [3.63, 3.8) is 0 Å². The van der Waals surface area contributed by atoms with E-state index >= 15 is 0 Å². The van der Waals surface area contributed by atoms with Gasteiger partial charge in [0.2, 0.25) is 0 Å². The fourth-order valence-electron chi connectivity index (χ4n) is 2.20. The minimum atomic E-state index is -0.905. The lowest BCUT2D eigenvalue weighted by molar-refractivity contribution is -0.138. The highest BCUT2D eigenvalue weighted by atomic mass is 16.4. The molecule has 3 N–H and O–H groups in total. The Morgan fingerprint density at radius 2 is 1.50 bits per heavy atom. The molecule has 0 aliphatic rings. The topological polar surface area (TPSA) is 78.4 Å². The molecule has 0 saturated heterocycles. The number of carbonyl (C=O) groups excluding carboxylic acids is 1. The molecular weight excluding hydrogens is 256 g/mol. The lowest BCUT2D eigenvalue weighted by atomic mass is 9.84. The van der Waals surface area contributed by atoms with Crippen molar-refractivity contribution in [3.05, 3.63) is 0 Å². The van der Waals surface area contributed by atoms with Gasteiger partial charge in [0.1, 0.15) is 0 Å². The first-order chi connectivity index (χ1) is 9.10. The van der Waals surface area contributed by atoms with E-state index in [-0.39, 0.29) is 23.4 Å². The van der Waals surface area contributed by atoms with Crippen molar-refractivity contribution < 1.29 is 14.7 Å². The summed E-state index contributed by atoms with van der Waals surface area (Å²) in [6.07, 6.45) is 2.49. The predicted molar refractivity (Wildman–Crippen MR) is 80.8 cm³/mol. The normalized spacial score (nSPS) is 13.7. The predicted octanol–water partition coefficient (Wildman–Crippen LogP) is 3.14. The Morgan fingerprint density at radius 3 is 1.80 bits per heavy atom. The first-order valence-electron chi connectivity index (χ1n) is 7.40. The first kappa shape index (κ1) is 18.7. The molecule has 0 bridgehead atoms. The quantitative estimate of drug-likeness (QED) is 0.672. The van der Waals surface area contributed by atoms with Gasteiger partial charge in [-0.3, -0.25) is 4.79 Å². The smallest absolute Gasteiger partial charge is 0.315 e. The number of aliphatic carboxylic acids is 1. The Labute approximate surface area is 122 Å². The Hall–Kier alpha value is -1.26. The van der Waals surface area contributed by atoms with Gasteiger partial charge in [-0.05, 0) is 24.7 Å². The van der Waals surface area contributed by atoms with Crippen molar-refractivity contribution >= 4 is 12.0 Å². The van der Waals surface area contributed by atoms with Gasteiger partial charge in [0.25, 0.3) is 0 Å². The minimum Gasteiger partial charge on any atom is -0.481 e. The van der Waals surface area contributed by atoms with Crippen LogP contribution >= 0.6 is 0 Å². The molecule has 0 aromatic carbocycles. The molecule has 2 amide bonds. The zero-order valence-electron chi connectivity index (χ0n) is 13.7. The number of nitrogens with one attached hydrogen (secondary N) is 2. The number of hydrogen-bond acceptors (Lipinski definition) is 2. The van der Waals surface area contributed by atoms with Gasteiger partial charge in [-0.2, -0.15) is 0 Å². The molecule has 0 fully saturated rings. The number of carboxylic acids is 1. The molecule has 0 aliphatic carbocycles. The van der Waals surface area contributed by atoms with E-state index in [4.69, 9.17) is 5.11 Å². The molecule has 0 aliphatic heterocycles. The van der Waals surface area contributed by atoms with E-state index in [2.05, 4.69) is 10.6 Å². The summed E-state index contributed by atoms with van der Waals surface area (Å²) < 4.78 is 0. The monoisotopic (exact) mass is 286 g/mol. The Morgan fingerprint density at radius 1 is 1.05 bits per heavy atom. The Bertz CT molecular complexity index is 322. The summed E-state index contributed by atoms with van der Waals surface area (Å²) in [7, 11) is 0. The van der Waals surface area contributed by atoms with Crippen molar-refractivity contribution in [2.75, 3.05) is 0 Å². The third kappa shape index (κ3) is 5.80. The maximum absolute atomic E-state index is 12.2. The van der Waals surface area contributed by atoms with E-state index in [1.54, 1.807) is 0 Å². The van der Waals surface area contributed by atoms with Gasteiger partial charge in [0.05, 0.1) is 6.42 Å². The van der Waals surface area contributed by atoms with Gasteiger partial charge in [0, 0.05) is 11.6 Å². The van der Waals surface area contributed by atoms with Gasteiger partial charge in [0.15, 0.2) is 0 Å². The molecule has 0 aromatic rings. The highest BCUT2D eigenvalue weighted by Gasteiger charge is 2.31. The lowest BCUT2D eigenvalue weighted by Gasteiger charge is -2.35. The highest BCUT2D eigenvalue weighted by Crippen LogP contribution is 2.23. The first-order valence-corrected chi connectivity index (χ1v) is 7.40. The molecule has 0 spiro atoms. The summed E-state index contributed by atoms with van der Waals surface area (Å²) in [5, 5.41) is 14.8. The average Bonchev–Trinajstić information content (AvgIpc) is 2.33. The largest absolute Gasteiger partial charge is 0.481 e. The number of hydrogen-bond donors (Lipinski definition) is 3. The lowest BCUT2D eigenvalue weighted by Crippen LogP contribution is -2.55. The Balaban J connectivity index is 4.81. The second kappa shape index (κ2) is 7.50. The van der Waals surface area contributed by atoms with E-state index in [0.717, 1.165) is 19.3 Å². The molecule has 0 radical (unpaired) electrons. The van der Waals surface area contributed by atoms with Crippen LogP contribution < -0.4 is 10.6 Å². The SMILES string of the molecule is CCC(CC)(CC)NC(=O)NC(CC(=O)O)C(C)(C)C. The number of rotatable bonds is 7. The van der Waals surface area contributed by atoms with E-state index in [9.17, 15) is 9.59 Å². The van der Waals surface area contributed by atoms with Gasteiger partial charge < -0.3 is 15.7 Å². The standard InChI is InChI=1S/C15H30N2O3/c1-7-15(8-2,9-3)17-13(20)16-11(10-12(18)19)14(4,5)6/h11H,7-10H2,1-6H3,(H,18,19)(H2,16,17,20).